The van der Waals surface area contributed by atoms with E-state index in [0.717, 1.165) is 145 Å². The van der Waals surface area contributed by atoms with Gasteiger partial charge in [0.25, 0.3) is 0 Å². The third-order valence-electron chi connectivity index (χ3n) is 20.5. The van der Waals surface area contributed by atoms with Crippen molar-refractivity contribution in [1.29, 1.82) is 0 Å². The molecular formula is C70H77F2N11O5. The zero-order valence-corrected chi connectivity index (χ0v) is 50.5. The van der Waals surface area contributed by atoms with E-state index in [4.69, 9.17) is 26.2 Å². The molecule has 0 unspecified atom stereocenters. The van der Waals surface area contributed by atoms with Gasteiger partial charge in [0, 0.05) is 81.8 Å². The van der Waals surface area contributed by atoms with E-state index in [1.165, 1.54) is 43.5 Å². The van der Waals surface area contributed by atoms with Gasteiger partial charge in [-0.3, -0.25) is 32.9 Å². The summed E-state index contributed by atoms with van der Waals surface area (Å²) in [7, 11) is 0. The third-order valence-corrected chi connectivity index (χ3v) is 20.5. The average Bonchev–Trinajstić information content (AvgIpc) is 1.59. The van der Waals surface area contributed by atoms with Crippen LogP contribution in [-0.2, 0) is 38.0 Å². The average molecular weight is 1190 g/mol. The van der Waals surface area contributed by atoms with Crippen LogP contribution in [0.3, 0.4) is 0 Å². The fourth-order valence-corrected chi connectivity index (χ4v) is 15.5. The highest BCUT2D eigenvalue weighted by Gasteiger charge is 2.60. The van der Waals surface area contributed by atoms with E-state index in [1.54, 1.807) is 24.5 Å². The first-order chi connectivity index (χ1) is 42.3. The van der Waals surface area contributed by atoms with Gasteiger partial charge in [-0.1, -0.05) is 67.1 Å². The molecule has 4 aromatic carbocycles. The number of aryl methyl sites for hydroxylation is 4. The van der Waals surface area contributed by atoms with Gasteiger partial charge in [-0.15, -0.1) is 0 Å². The van der Waals surface area contributed by atoms with E-state index in [0.29, 0.717) is 68.2 Å². The summed E-state index contributed by atoms with van der Waals surface area (Å²) in [6.45, 7) is 9.08. The predicted octanol–water partition coefficient (Wildman–Crippen LogP) is 11.1. The van der Waals surface area contributed by atoms with Gasteiger partial charge in [0.2, 0.25) is 11.8 Å². The second kappa shape index (κ2) is 23.1. The molecule has 4 saturated carbocycles. The second-order valence-corrected chi connectivity index (χ2v) is 26.7. The number of benzene rings is 4. The zero-order chi connectivity index (χ0) is 61.2. The van der Waals surface area contributed by atoms with Gasteiger partial charge in [-0.05, 0) is 170 Å². The van der Waals surface area contributed by atoms with Crippen LogP contribution in [-0.4, -0.2) is 101 Å². The summed E-state index contributed by atoms with van der Waals surface area (Å²) in [5, 5.41) is 6.89. The molecule has 6 aliphatic rings. The van der Waals surface area contributed by atoms with Crippen molar-refractivity contribution in [1.82, 2.24) is 44.3 Å². The smallest absolute Gasteiger partial charge is 0.234 e. The number of Topliss-reactive ketones (excluding diaryl/α,β-unsaturated/α-hetero) is 2. The zero-order valence-electron chi connectivity index (χ0n) is 50.5. The maximum atomic E-state index is 13.7. The summed E-state index contributed by atoms with van der Waals surface area (Å²) in [6, 6.07) is 24.8. The number of rotatable bonds is 17. The Kier molecular flexibility index (Phi) is 15.4. The van der Waals surface area contributed by atoms with Crippen LogP contribution in [0.2, 0.25) is 0 Å². The Hall–Kier alpha value is -8.22. The summed E-state index contributed by atoms with van der Waals surface area (Å²) < 4.78 is 37.0. The van der Waals surface area contributed by atoms with Gasteiger partial charge < -0.3 is 26.8 Å². The fraction of sp³-hybridized carbons (Fsp3) is 0.429. The number of ether oxygens (including phenoxy) is 1. The number of hydrogen-bond donors (Lipinski definition) is 4. The number of likely N-dealkylation sites (tertiary alicyclic amines) is 1. The molecule has 0 atom stereocenters. The maximum Gasteiger partial charge on any atom is 0.234 e. The van der Waals surface area contributed by atoms with E-state index in [2.05, 4.69) is 34.3 Å². The highest BCUT2D eigenvalue weighted by Crippen LogP contribution is 2.59. The Balaban J connectivity index is 0.000000162. The number of nitrogens with one attached hydrogen (secondary N) is 2. The van der Waals surface area contributed by atoms with Crippen molar-refractivity contribution >= 4 is 46.0 Å². The van der Waals surface area contributed by atoms with Gasteiger partial charge >= 0.3 is 0 Å². The van der Waals surface area contributed by atoms with Crippen molar-refractivity contribution in [2.24, 2.45) is 5.41 Å². The van der Waals surface area contributed by atoms with Crippen molar-refractivity contribution in [3.63, 3.8) is 0 Å². The quantitative estimate of drug-likeness (QED) is 0.0626. The molecule has 2 amide bonds. The highest BCUT2D eigenvalue weighted by atomic mass is 19.1. The topological polar surface area (TPSA) is 217 Å². The molecule has 4 bridgehead atoms. The molecule has 14 rings (SSSR count). The Labute approximate surface area is 511 Å². The number of fused-ring (bicyclic) bond motifs is 6. The monoisotopic (exact) mass is 1190 g/mol. The van der Waals surface area contributed by atoms with Crippen molar-refractivity contribution in [3.8, 4) is 22.5 Å². The van der Waals surface area contributed by atoms with Crippen molar-refractivity contribution < 1.29 is 32.7 Å². The van der Waals surface area contributed by atoms with Crippen molar-refractivity contribution in [3.05, 3.63) is 166 Å². The molecule has 0 spiro atoms. The van der Waals surface area contributed by atoms with Crippen LogP contribution in [0.4, 0.5) is 20.4 Å². The summed E-state index contributed by atoms with van der Waals surface area (Å²) in [6.07, 6.45) is 21.9. The summed E-state index contributed by atoms with van der Waals surface area (Å²) in [5.41, 5.74) is 21.3. The van der Waals surface area contributed by atoms with Crippen LogP contribution in [0, 0.1) is 30.9 Å². The number of anilines is 2. The predicted molar refractivity (Wildman–Crippen MR) is 334 cm³/mol. The number of hydrogen-bond acceptors (Lipinski definition) is 12. The lowest BCUT2D eigenvalue weighted by Crippen LogP contribution is -2.57. The Bertz CT molecular complexity index is 4020. The lowest BCUT2D eigenvalue weighted by molar-refractivity contribution is -0.159. The number of nitrogens with two attached hydrogens (primary N) is 2. The van der Waals surface area contributed by atoms with E-state index >= 15 is 0 Å². The molecule has 88 heavy (non-hydrogen) atoms. The number of imidazole rings is 2. The molecule has 4 aliphatic carbocycles. The Morgan fingerprint density at radius 3 is 1.47 bits per heavy atom. The SMILES string of the molecule is Cc1ccc(F)cc1C(=O)CCc1ccc(-c2nc(C34CCC(NC(=O)C5(C)COC5)(CC3)C4)n3ccnc(N)c23)cc1.Cc1ccc(F)cc1C(=O)CCc1ccc(-c2nc(C34CCC(NC(=O)CN5CCCCC5)(CC3)C4)n3ccnc(N)c23)cc1. The minimum absolute atomic E-state index is 0.0641. The number of piperidine rings is 1. The van der Waals surface area contributed by atoms with Crippen molar-refractivity contribution in [2.45, 2.75) is 152 Å². The van der Waals surface area contributed by atoms with Gasteiger partial charge in [-0.2, -0.15) is 0 Å². The van der Waals surface area contributed by atoms with Gasteiger partial charge in [0.05, 0.1) is 25.2 Å². The highest BCUT2D eigenvalue weighted by molar-refractivity contribution is 5.98. The number of aromatic nitrogens is 6. The number of ketones is 2. The first-order valence-electron chi connectivity index (χ1n) is 31.3. The third kappa shape index (κ3) is 11.0. The summed E-state index contributed by atoms with van der Waals surface area (Å²) in [4.78, 5) is 73.4. The maximum absolute atomic E-state index is 13.7. The van der Waals surface area contributed by atoms with E-state index in [9.17, 15) is 28.0 Å². The molecule has 6 N–H and O–H groups in total. The van der Waals surface area contributed by atoms with E-state index in [-0.39, 0.29) is 45.3 Å². The number of halogens is 2. The number of carbonyl (C=O) groups is 4. The number of amides is 2. The van der Waals surface area contributed by atoms with Crippen LogP contribution in [0.1, 0.15) is 158 Å². The molecule has 2 saturated heterocycles. The molecular weight excluding hydrogens is 1110 g/mol. The molecule has 456 valence electrons. The molecule has 6 heterocycles. The number of carbonyl (C=O) groups excluding carboxylic acids is 4. The number of nitrogens with zero attached hydrogens (tertiary/aromatic N) is 7. The molecule has 16 nitrogen and oxygen atoms in total. The van der Waals surface area contributed by atoms with Crippen LogP contribution in [0.25, 0.3) is 33.5 Å². The normalized spacial score (nSPS) is 23.4. The minimum Gasteiger partial charge on any atom is -0.382 e. The molecule has 2 aliphatic heterocycles. The molecule has 8 aromatic rings. The second-order valence-electron chi connectivity index (χ2n) is 26.7. The first-order valence-corrected chi connectivity index (χ1v) is 31.3. The van der Waals surface area contributed by atoms with Gasteiger partial charge in [0.15, 0.2) is 11.6 Å². The lowest BCUT2D eigenvalue weighted by atomic mass is 9.82. The van der Waals surface area contributed by atoms with Crippen LogP contribution in [0.15, 0.2) is 110 Å². The Morgan fingerprint density at radius 2 is 1.03 bits per heavy atom. The molecule has 0 radical (unpaired) electrons. The molecule has 4 aromatic heterocycles. The summed E-state index contributed by atoms with van der Waals surface area (Å²) in [5.74, 6) is 2.11. The van der Waals surface area contributed by atoms with Crippen molar-refractivity contribution in [2.75, 3.05) is 44.3 Å². The standard InChI is InChI=1S/C36H41FN6O2.C34H36FN5O3/c1-24-5-11-27(37)21-28(24)29(44)12-8-25-6-9-26(10-7-25)31-32-33(38)39-17-20-43(32)34(40-31)35-13-15-36(23-35,16-14-35)41-30(45)22-42-18-3-2-4-19-42;1-21-3-9-24(35)17-25(21)26(41)10-6-22-4-7-23(8-5-22)27-28-29(36)37-15-16-40(28)30(38-27)33-11-13-34(18-33,14-12-33)39-31(42)32(2)19-43-20-32/h5-7,9-11,17,20-21H,2-4,8,12-16,18-19,22-23H2,1H3,(H2,38,39)(H,41,45);3-5,7-9,15-17H,6,10-14,18-20H2,1-2H3,(H2,36,37)(H,39,42). The van der Waals surface area contributed by atoms with Crippen LogP contribution in [0.5, 0.6) is 0 Å². The van der Waals surface area contributed by atoms with E-state index < -0.39 is 17.0 Å². The largest absolute Gasteiger partial charge is 0.382 e. The molecule has 6 fully saturated rings. The number of nitrogen functional groups attached to an aromatic ring is 2. The lowest BCUT2D eigenvalue weighted by Gasteiger charge is -2.40. The van der Waals surface area contributed by atoms with Gasteiger partial charge in [-0.25, -0.2) is 28.7 Å². The Morgan fingerprint density at radius 1 is 0.591 bits per heavy atom. The fourth-order valence-electron chi connectivity index (χ4n) is 15.5. The minimum atomic E-state index is -0.437. The first kappa shape index (κ1) is 58.8. The van der Waals surface area contributed by atoms with Crippen LogP contribution >= 0.6 is 0 Å². The molecule has 18 heteroatoms. The van der Waals surface area contributed by atoms with Crippen LogP contribution < -0.4 is 22.1 Å². The summed E-state index contributed by atoms with van der Waals surface area (Å²) >= 11 is 0. The van der Waals surface area contributed by atoms with Gasteiger partial charge in [0.1, 0.15) is 57.3 Å². The van der Waals surface area contributed by atoms with E-state index in [1.807, 2.05) is 81.7 Å².